The van der Waals surface area contributed by atoms with E-state index in [4.69, 9.17) is 0 Å². The van der Waals surface area contributed by atoms with E-state index in [2.05, 4.69) is 4.98 Å². The molecule has 2 rings (SSSR count). The van der Waals surface area contributed by atoms with Crippen molar-refractivity contribution in [1.29, 1.82) is 0 Å². The Morgan fingerprint density at radius 1 is 1.21 bits per heavy atom. The van der Waals surface area contributed by atoms with Crippen LogP contribution < -0.4 is 5.69 Å². The highest BCUT2D eigenvalue weighted by atomic mass is 16.1. The molecule has 0 saturated heterocycles. The summed E-state index contributed by atoms with van der Waals surface area (Å²) in [5.74, 6) is 0. The van der Waals surface area contributed by atoms with E-state index in [0.717, 1.165) is 11.0 Å². The number of aromatic nitrogens is 2. The zero-order valence-corrected chi connectivity index (χ0v) is 8.66. The van der Waals surface area contributed by atoms with Crippen molar-refractivity contribution in [1.82, 2.24) is 9.55 Å². The molecule has 1 aromatic heterocycles. The van der Waals surface area contributed by atoms with E-state index < -0.39 is 0 Å². The van der Waals surface area contributed by atoms with Gasteiger partial charge in [0.2, 0.25) is 0 Å². The van der Waals surface area contributed by atoms with Crippen molar-refractivity contribution in [2.24, 2.45) is 0 Å². The van der Waals surface area contributed by atoms with Gasteiger partial charge in [-0.15, -0.1) is 0 Å². The molecule has 0 unspecified atom stereocenters. The van der Waals surface area contributed by atoms with Gasteiger partial charge in [0.05, 0.1) is 11.0 Å². The fourth-order valence-electron chi connectivity index (χ4n) is 1.72. The van der Waals surface area contributed by atoms with Gasteiger partial charge in [-0.2, -0.15) is 0 Å². The number of nitrogens with zero attached hydrogens (tertiary/aromatic N) is 1. The number of para-hydroxylation sites is 2. The zero-order valence-electron chi connectivity index (χ0n) is 8.66. The Bertz CT molecular complexity index is 514. The lowest BCUT2D eigenvalue weighted by Crippen LogP contribution is -2.31. The standard InChI is InChI=1S/C11H14N2O/c1-11(2,3)13-9-7-5-4-6-8(9)12-10(13)14/h4-7H,1-3H3,(H,12,14). The first-order chi connectivity index (χ1) is 6.50. The molecular formula is C11H14N2O. The Morgan fingerprint density at radius 3 is 2.50 bits per heavy atom. The first-order valence-corrected chi connectivity index (χ1v) is 4.70. The molecule has 0 atom stereocenters. The minimum absolute atomic E-state index is 0.0429. The summed E-state index contributed by atoms with van der Waals surface area (Å²) < 4.78 is 1.78. The van der Waals surface area contributed by atoms with Gasteiger partial charge in [-0.25, -0.2) is 4.79 Å². The molecular weight excluding hydrogens is 176 g/mol. The number of aromatic amines is 1. The summed E-state index contributed by atoms with van der Waals surface area (Å²) in [5, 5.41) is 0. The molecule has 0 spiro atoms. The highest BCUT2D eigenvalue weighted by molar-refractivity contribution is 5.75. The average molecular weight is 190 g/mol. The highest BCUT2D eigenvalue weighted by Gasteiger charge is 2.18. The van der Waals surface area contributed by atoms with Gasteiger partial charge in [0.25, 0.3) is 0 Å². The van der Waals surface area contributed by atoms with Crippen LogP contribution in [0.1, 0.15) is 20.8 Å². The van der Waals surface area contributed by atoms with Crippen LogP contribution in [0.15, 0.2) is 29.1 Å². The fraction of sp³-hybridized carbons (Fsp3) is 0.364. The SMILES string of the molecule is CC(C)(C)n1c(=O)[nH]c2ccccc21. The summed E-state index contributed by atoms with van der Waals surface area (Å²) in [4.78, 5) is 14.5. The van der Waals surface area contributed by atoms with Crippen LogP contribution in [0.4, 0.5) is 0 Å². The second-order valence-electron chi connectivity index (χ2n) is 4.45. The van der Waals surface area contributed by atoms with Crippen molar-refractivity contribution < 1.29 is 0 Å². The highest BCUT2D eigenvalue weighted by Crippen LogP contribution is 2.18. The van der Waals surface area contributed by atoms with Crippen molar-refractivity contribution >= 4 is 11.0 Å². The van der Waals surface area contributed by atoms with E-state index in [1.54, 1.807) is 4.57 Å². The summed E-state index contributed by atoms with van der Waals surface area (Å²) in [5.41, 5.74) is 1.63. The second-order valence-corrected chi connectivity index (χ2v) is 4.45. The monoisotopic (exact) mass is 190 g/mol. The van der Waals surface area contributed by atoms with Crippen molar-refractivity contribution in [3.8, 4) is 0 Å². The lowest BCUT2D eigenvalue weighted by Gasteiger charge is -2.20. The average Bonchev–Trinajstić information content (AvgIpc) is 2.38. The van der Waals surface area contributed by atoms with Crippen molar-refractivity contribution in [3.63, 3.8) is 0 Å². The lowest BCUT2D eigenvalue weighted by molar-refractivity contribution is 0.397. The lowest BCUT2D eigenvalue weighted by atomic mass is 10.1. The number of hydrogen-bond donors (Lipinski definition) is 1. The maximum Gasteiger partial charge on any atom is 0.326 e. The molecule has 3 heteroatoms. The third-order valence-electron chi connectivity index (χ3n) is 2.26. The molecule has 0 bridgehead atoms. The van der Waals surface area contributed by atoms with Gasteiger partial charge in [0, 0.05) is 5.54 Å². The molecule has 74 valence electrons. The molecule has 0 saturated carbocycles. The minimum atomic E-state index is -0.184. The van der Waals surface area contributed by atoms with E-state index in [9.17, 15) is 4.79 Å². The van der Waals surface area contributed by atoms with Crippen LogP contribution in [-0.4, -0.2) is 9.55 Å². The molecule has 3 nitrogen and oxygen atoms in total. The van der Waals surface area contributed by atoms with Crippen LogP contribution in [0.3, 0.4) is 0 Å². The number of benzene rings is 1. The predicted molar refractivity (Wildman–Crippen MR) is 57.6 cm³/mol. The minimum Gasteiger partial charge on any atom is -0.306 e. The molecule has 0 fully saturated rings. The summed E-state index contributed by atoms with van der Waals surface area (Å²) in [7, 11) is 0. The second kappa shape index (κ2) is 2.74. The smallest absolute Gasteiger partial charge is 0.306 e. The van der Waals surface area contributed by atoms with Gasteiger partial charge in [0.15, 0.2) is 0 Å². The number of imidazole rings is 1. The van der Waals surface area contributed by atoms with Crippen LogP contribution in [-0.2, 0) is 5.54 Å². The molecule has 1 heterocycles. The number of rotatable bonds is 0. The van der Waals surface area contributed by atoms with E-state index in [1.807, 2.05) is 45.0 Å². The number of nitrogens with one attached hydrogen (secondary N) is 1. The molecule has 0 aliphatic carbocycles. The molecule has 1 N–H and O–H groups in total. The van der Waals surface area contributed by atoms with Crippen LogP contribution >= 0.6 is 0 Å². The fourth-order valence-corrected chi connectivity index (χ4v) is 1.72. The Kier molecular flexibility index (Phi) is 1.77. The van der Waals surface area contributed by atoms with Gasteiger partial charge >= 0.3 is 5.69 Å². The first kappa shape index (κ1) is 9.06. The molecule has 0 amide bonds. The van der Waals surface area contributed by atoms with Crippen molar-refractivity contribution in [2.75, 3.05) is 0 Å². The largest absolute Gasteiger partial charge is 0.326 e. The van der Waals surface area contributed by atoms with Crippen LogP contribution in [0.2, 0.25) is 0 Å². The molecule has 1 aromatic carbocycles. The topological polar surface area (TPSA) is 37.8 Å². The Labute approximate surface area is 82.4 Å². The summed E-state index contributed by atoms with van der Waals surface area (Å²) >= 11 is 0. The molecule has 2 aromatic rings. The summed E-state index contributed by atoms with van der Waals surface area (Å²) in [6.45, 7) is 6.07. The van der Waals surface area contributed by atoms with Gasteiger partial charge < -0.3 is 4.98 Å². The van der Waals surface area contributed by atoms with E-state index in [-0.39, 0.29) is 11.2 Å². The third-order valence-corrected chi connectivity index (χ3v) is 2.26. The Balaban J connectivity index is 2.88. The van der Waals surface area contributed by atoms with E-state index >= 15 is 0 Å². The van der Waals surface area contributed by atoms with E-state index in [1.165, 1.54) is 0 Å². The molecule has 0 aliphatic rings. The number of H-pyrrole nitrogens is 1. The van der Waals surface area contributed by atoms with Crippen LogP contribution in [0.5, 0.6) is 0 Å². The van der Waals surface area contributed by atoms with Gasteiger partial charge in [-0.05, 0) is 32.9 Å². The normalized spacial score (nSPS) is 12.2. The van der Waals surface area contributed by atoms with Gasteiger partial charge in [0.1, 0.15) is 0 Å². The van der Waals surface area contributed by atoms with Crippen molar-refractivity contribution in [2.45, 2.75) is 26.3 Å². The summed E-state index contributed by atoms with van der Waals surface area (Å²) in [6.07, 6.45) is 0. The zero-order chi connectivity index (χ0) is 10.3. The quantitative estimate of drug-likeness (QED) is 0.678. The van der Waals surface area contributed by atoms with E-state index in [0.29, 0.717) is 0 Å². The van der Waals surface area contributed by atoms with Crippen LogP contribution in [0.25, 0.3) is 11.0 Å². The van der Waals surface area contributed by atoms with Gasteiger partial charge in [-0.3, -0.25) is 4.57 Å². The van der Waals surface area contributed by atoms with Crippen LogP contribution in [0, 0.1) is 0 Å². The van der Waals surface area contributed by atoms with Gasteiger partial charge in [-0.1, -0.05) is 12.1 Å². The van der Waals surface area contributed by atoms with Crippen molar-refractivity contribution in [3.05, 3.63) is 34.7 Å². The predicted octanol–water partition coefficient (Wildman–Crippen LogP) is 2.08. The number of fused-ring (bicyclic) bond motifs is 1. The Morgan fingerprint density at radius 2 is 1.86 bits per heavy atom. The third kappa shape index (κ3) is 1.25. The molecule has 0 aliphatic heterocycles. The summed E-state index contributed by atoms with van der Waals surface area (Å²) in [6, 6.07) is 7.74. The maximum atomic E-state index is 11.7. The maximum absolute atomic E-state index is 11.7. The number of hydrogen-bond acceptors (Lipinski definition) is 1. The first-order valence-electron chi connectivity index (χ1n) is 4.70. The molecule has 14 heavy (non-hydrogen) atoms. The Hall–Kier alpha value is -1.51. The molecule has 0 radical (unpaired) electrons.